The molecule has 0 heterocycles. The highest BCUT2D eigenvalue weighted by Gasteiger charge is 1.98. The fourth-order valence-electron chi connectivity index (χ4n) is 0.622. The Morgan fingerprint density at radius 2 is 1.92 bits per heavy atom. The lowest BCUT2D eigenvalue weighted by Gasteiger charge is -2.04. The predicted octanol–water partition coefficient (Wildman–Crippen LogP) is 4.59. The summed E-state index contributed by atoms with van der Waals surface area (Å²) in [5.41, 5.74) is 1.30. The molecule has 0 saturated heterocycles. The Hall–Kier alpha value is -0.340. The summed E-state index contributed by atoms with van der Waals surface area (Å²) in [5.74, 6) is 0. The molecule has 0 saturated carbocycles. The van der Waals surface area contributed by atoms with Gasteiger partial charge in [0.05, 0.1) is 0 Å². The second kappa shape index (κ2) is 7.10. The molecular weight excluding hydrogens is 196 g/mol. The van der Waals surface area contributed by atoms with Crippen LogP contribution in [-0.2, 0) is 0 Å². The first kappa shape index (κ1) is 12.7. The van der Waals surface area contributed by atoms with Gasteiger partial charge in [0.15, 0.2) is 0 Å². The first-order valence-corrected chi connectivity index (χ1v) is 6.03. The molecule has 0 aromatic rings. The van der Waals surface area contributed by atoms with Gasteiger partial charge in [0.2, 0.25) is 0 Å². The van der Waals surface area contributed by atoms with Crippen LogP contribution in [0.15, 0.2) is 46.1 Å². The number of hydrogen-bond donors (Lipinski definition) is 0. The quantitative estimate of drug-likeness (QED) is 0.611. The average Bonchev–Trinajstić information content (AvgIpc) is 2.11. The van der Waals surface area contributed by atoms with Crippen molar-refractivity contribution in [3.63, 3.8) is 0 Å². The highest BCUT2D eigenvalue weighted by molar-refractivity contribution is 8.23. The average molecular weight is 212 g/mol. The van der Waals surface area contributed by atoms with E-state index in [1.54, 1.807) is 29.6 Å². The minimum absolute atomic E-state index is 1.12. The molecular formula is C11H16S2. The molecule has 0 aliphatic heterocycles. The van der Waals surface area contributed by atoms with E-state index in [0.29, 0.717) is 0 Å². The van der Waals surface area contributed by atoms with Crippen molar-refractivity contribution in [1.82, 2.24) is 0 Å². The zero-order valence-corrected chi connectivity index (χ0v) is 10.1. The zero-order valence-electron chi connectivity index (χ0n) is 8.46. The van der Waals surface area contributed by atoms with Crippen LogP contribution >= 0.6 is 23.5 Å². The fraction of sp³-hybridized carbons (Fsp3) is 0.273. The lowest BCUT2D eigenvalue weighted by atomic mass is 10.3. The number of thioether (sulfide) groups is 2. The van der Waals surface area contributed by atoms with Gasteiger partial charge in [0.1, 0.15) is 0 Å². The van der Waals surface area contributed by atoms with Crippen LogP contribution < -0.4 is 0 Å². The maximum absolute atomic E-state index is 3.94. The van der Waals surface area contributed by atoms with Crippen molar-refractivity contribution in [1.29, 1.82) is 0 Å². The van der Waals surface area contributed by atoms with Crippen molar-refractivity contribution in [2.45, 2.75) is 13.8 Å². The number of rotatable bonds is 5. The molecule has 0 radical (unpaired) electrons. The molecule has 0 aromatic heterocycles. The standard InChI is InChI=1S/C11H16S2/c1-6-7-8-11(9(2)3)13-10(4)12-5/h6-8H,1,4H2,2-3,5H3/b8-7-. The van der Waals surface area contributed by atoms with E-state index in [9.17, 15) is 0 Å². The molecule has 0 N–H and O–H groups in total. The highest BCUT2D eigenvalue weighted by Crippen LogP contribution is 2.33. The van der Waals surface area contributed by atoms with Gasteiger partial charge >= 0.3 is 0 Å². The molecule has 0 rings (SSSR count). The van der Waals surface area contributed by atoms with E-state index < -0.39 is 0 Å². The first-order chi connectivity index (χ1) is 6.11. The van der Waals surface area contributed by atoms with Gasteiger partial charge in [0, 0.05) is 9.14 Å². The SMILES string of the molecule is C=C/C=C\C(SC(=C)SC)=C(C)C. The van der Waals surface area contributed by atoms with Gasteiger partial charge in [-0.2, -0.15) is 0 Å². The van der Waals surface area contributed by atoms with Crippen LogP contribution in [0.1, 0.15) is 13.8 Å². The van der Waals surface area contributed by atoms with Gasteiger partial charge in [0.25, 0.3) is 0 Å². The summed E-state index contributed by atoms with van der Waals surface area (Å²) in [4.78, 5) is 1.25. The Kier molecular flexibility index (Phi) is 6.92. The van der Waals surface area contributed by atoms with Gasteiger partial charge in [-0.25, -0.2) is 0 Å². The molecule has 72 valence electrons. The molecule has 0 atom stereocenters. The van der Waals surface area contributed by atoms with Crippen molar-refractivity contribution in [3.8, 4) is 0 Å². The van der Waals surface area contributed by atoms with Crippen LogP contribution in [0.3, 0.4) is 0 Å². The van der Waals surface area contributed by atoms with Crippen LogP contribution in [0.25, 0.3) is 0 Å². The van der Waals surface area contributed by atoms with Crippen LogP contribution in [0.4, 0.5) is 0 Å². The molecule has 0 fully saturated rings. The highest BCUT2D eigenvalue weighted by atomic mass is 32.2. The van der Waals surface area contributed by atoms with E-state index in [0.717, 1.165) is 4.24 Å². The summed E-state index contributed by atoms with van der Waals surface area (Å²) in [6.45, 7) is 11.8. The summed E-state index contributed by atoms with van der Waals surface area (Å²) < 4.78 is 1.12. The van der Waals surface area contributed by atoms with E-state index in [4.69, 9.17) is 0 Å². The minimum Gasteiger partial charge on any atom is -0.123 e. The fourth-order valence-corrected chi connectivity index (χ4v) is 1.82. The van der Waals surface area contributed by atoms with Gasteiger partial charge in [-0.05, 0) is 26.2 Å². The van der Waals surface area contributed by atoms with Crippen molar-refractivity contribution >= 4 is 23.5 Å². The molecule has 0 aromatic carbocycles. The maximum atomic E-state index is 3.94. The molecule has 0 aliphatic carbocycles. The molecule has 0 unspecified atom stereocenters. The Bertz CT molecular complexity index is 243. The Morgan fingerprint density at radius 3 is 2.31 bits per heavy atom. The van der Waals surface area contributed by atoms with E-state index in [1.165, 1.54) is 10.5 Å². The molecule has 0 aliphatic rings. The van der Waals surface area contributed by atoms with E-state index in [-0.39, 0.29) is 0 Å². The number of hydrogen-bond acceptors (Lipinski definition) is 2. The normalized spacial score (nSPS) is 10.1. The van der Waals surface area contributed by atoms with Gasteiger partial charge in [-0.3, -0.25) is 0 Å². The van der Waals surface area contributed by atoms with Crippen molar-refractivity contribution in [2.75, 3.05) is 6.26 Å². The third kappa shape index (κ3) is 5.83. The molecule has 0 bridgehead atoms. The zero-order chi connectivity index (χ0) is 10.3. The lowest BCUT2D eigenvalue weighted by molar-refractivity contribution is 1.38. The van der Waals surface area contributed by atoms with Gasteiger partial charge in [-0.15, -0.1) is 11.8 Å². The van der Waals surface area contributed by atoms with Gasteiger partial charge < -0.3 is 0 Å². The van der Waals surface area contributed by atoms with Crippen LogP contribution in [0.2, 0.25) is 0 Å². The molecule has 0 spiro atoms. The third-order valence-electron chi connectivity index (χ3n) is 1.33. The van der Waals surface area contributed by atoms with Crippen LogP contribution in [0, 0.1) is 0 Å². The van der Waals surface area contributed by atoms with Gasteiger partial charge in [-0.1, -0.05) is 42.6 Å². The van der Waals surface area contributed by atoms with Crippen molar-refractivity contribution in [3.05, 3.63) is 46.1 Å². The second-order valence-corrected chi connectivity index (χ2v) is 4.93. The lowest BCUT2D eigenvalue weighted by Crippen LogP contribution is -1.76. The second-order valence-electron chi connectivity index (χ2n) is 2.64. The topological polar surface area (TPSA) is 0 Å². The third-order valence-corrected chi connectivity index (χ3v) is 3.53. The minimum atomic E-state index is 1.12. The summed E-state index contributed by atoms with van der Waals surface area (Å²) in [6, 6.07) is 0. The largest absolute Gasteiger partial charge is 0.123 e. The first-order valence-electron chi connectivity index (χ1n) is 3.99. The Labute approximate surface area is 89.9 Å². The van der Waals surface area contributed by atoms with E-state index in [2.05, 4.69) is 33.1 Å². The number of allylic oxidation sites excluding steroid dienone is 4. The molecule has 2 heteroatoms. The monoisotopic (exact) mass is 212 g/mol. The summed E-state index contributed by atoms with van der Waals surface area (Å²) >= 11 is 3.38. The van der Waals surface area contributed by atoms with Crippen molar-refractivity contribution in [2.24, 2.45) is 0 Å². The molecule has 0 amide bonds. The summed E-state index contributed by atoms with van der Waals surface area (Å²) in [7, 11) is 0. The molecule has 13 heavy (non-hydrogen) atoms. The summed E-state index contributed by atoms with van der Waals surface area (Å²) in [5, 5.41) is 0. The van der Waals surface area contributed by atoms with Crippen molar-refractivity contribution < 1.29 is 0 Å². The van der Waals surface area contributed by atoms with Crippen LogP contribution in [-0.4, -0.2) is 6.26 Å². The van der Waals surface area contributed by atoms with E-state index in [1.807, 2.05) is 12.3 Å². The Morgan fingerprint density at radius 1 is 1.31 bits per heavy atom. The molecule has 0 nitrogen and oxygen atoms in total. The predicted molar refractivity (Wildman–Crippen MR) is 68.0 cm³/mol. The van der Waals surface area contributed by atoms with E-state index >= 15 is 0 Å². The summed E-state index contributed by atoms with van der Waals surface area (Å²) in [6.07, 6.45) is 7.83. The Balaban J connectivity index is 4.47. The van der Waals surface area contributed by atoms with Crippen LogP contribution in [0.5, 0.6) is 0 Å². The smallest absolute Gasteiger partial charge is 0.0375 e. The maximum Gasteiger partial charge on any atom is 0.0375 e.